The minimum absolute atomic E-state index is 0. The Balaban J connectivity index is 0.00000196. The van der Waals surface area contributed by atoms with Crippen LogP contribution >= 0.6 is 12.4 Å². The van der Waals surface area contributed by atoms with Crippen LogP contribution in [0, 0.1) is 11.3 Å². The Hall–Kier alpha value is -1.24. The minimum Gasteiger partial charge on any atom is -0.506 e. The van der Waals surface area contributed by atoms with Gasteiger partial charge in [0.2, 0.25) is 0 Å². The van der Waals surface area contributed by atoms with Crippen molar-refractivity contribution in [1.29, 1.82) is 5.26 Å². The first-order valence-corrected chi connectivity index (χ1v) is 4.68. The zero-order valence-corrected chi connectivity index (χ0v) is 9.42. The molecule has 0 aliphatic heterocycles. The normalized spacial score (nSPS) is 11.3. The summed E-state index contributed by atoms with van der Waals surface area (Å²) in [7, 11) is 0. The molecule has 0 amide bonds. The largest absolute Gasteiger partial charge is 0.506 e. The third kappa shape index (κ3) is 3.12. The number of para-hydroxylation sites is 1. The van der Waals surface area contributed by atoms with Crippen molar-refractivity contribution >= 4 is 12.4 Å². The summed E-state index contributed by atoms with van der Waals surface area (Å²) in [5.74, 6) is 0.0240. The molecule has 0 saturated heterocycles. The summed E-state index contributed by atoms with van der Waals surface area (Å²) in [6.07, 6.45) is 1.76. The van der Waals surface area contributed by atoms with Crippen LogP contribution in [0.1, 0.15) is 36.9 Å². The van der Waals surface area contributed by atoms with Gasteiger partial charge in [0.25, 0.3) is 0 Å². The smallest absolute Gasteiger partial charge is 0.138 e. The van der Waals surface area contributed by atoms with E-state index < -0.39 is 0 Å². The maximum Gasteiger partial charge on any atom is 0.138 e. The minimum atomic E-state index is -0.187. The van der Waals surface area contributed by atoms with E-state index in [1.54, 1.807) is 18.2 Å². The van der Waals surface area contributed by atoms with Crippen molar-refractivity contribution in [3.63, 3.8) is 0 Å². The van der Waals surface area contributed by atoms with Crippen molar-refractivity contribution in [1.82, 2.24) is 0 Å². The van der Waals surface area contributed by atoms with Crippen LogP contribution in [0.15, 0.2) is 18.2 Å². The Morgan fingerprint density at radius 1 is 1.53 bits per heavy atom. The van der Waals surface area contributed by atoms with Crippen molar-refractivity contribution in [2.75, 3.05) is 0 Å². The highest BCUT2D eigenvalue weighted by atomic mass is 35.5. The number of rotatable bonds is 3. The molecule has 0 saturated carbocycles. The molecule has 0 aliphatic rings. The van der Waals surface area contributed by atoms with Gasteiger partial charge in [-0.2, -0.15) is 5.26 Å². The lowest BCUT2D eigenvalue weighted by Gasteiger charge is -2.12. The number of benzene rings is 1. The summed E-state index contributed by atoms with van der Waals surface area (Å²) in [4.78, 5) is 0. The lowest BCUT2D eigenvalue weighted by Crippen LogP contribution is -2.10. The number of aromatic hydroxyl groups is 1. The standard InChI is InChI=1S/C11H14N2O.ClH/c1-2-4-10(13)9-6-3-5-8(7-12)11(9)14;/h3,5-6,10,14H,2,4,13H2,1H3;1H/t10-;/m0./s1. The Morgan fingerprint density at radius 2 is 2.20 bits per heavy atom. The van der Waals surface area contributed by atoms with Gasteiger partial charge < -0.3 is 10.8 Å². The summed E-state index contributed by atoms with van der Waals surface area (Å²) >= 11 is 0. The molecule has 1 aromatic rings. The molecule has 1 rings (SSSR count). The van der Waals surface area contributed by atoms with Crippen molar-refractivity contribution < 1.29 is 5.11 Å². The predicted molar refractivity (Wildman–Crippen MR) is 61.9 cm³/mol. The molecule has 0 radical (unpaired) electrons. The molecule has 0 bridgehead atoms. The molecule has 0 heterocycles. The SMILES string of the molecule is CCC[C@H](N)c1cccc(C#N)c1O.Cl. The third-order valence-corrected chi connectivity index (χ3v) is 2.19. The molecule has 0 unspecified atom stereocenters. The van der Waals surface area contributed by atoms with Gasteiger partial charge in [0, 0.05) is 11.6 Å². The van der Waals surface area contributed by atoms with E-state index in [2.05, 4.69) is 0 Å². The molecule has 0 aromatic heterocycles. The highest BCUT2D eigenvalue weighted by Gasteiger charge is 2.12. The topological polar surface area (TPSA) is 70.0 Å². The van der Waals surface area contributed by atoms with Gasteiger partial charge in [-0.1, -0.05) is 25.5 Å². The number of phenols is 1. The molecular formula is C11H15ClN2O. The zero-order valence-electron chi connectivity index (χ0n) is 8.60. The van der Waals surface area contributed by atoms with Crippen molar-refractivity contribution in [2.45, 2.75) is 25.8 Å². The summed E-state index contributed by atoms with van der Waals surface area (Å²) in [5, 5.41) is 18.4. The van der Waals surface area contributed by atoms with Crippen molar-refractivity contribution in [3.8, 4) is 11.8 Å². The molecule has 3 N–H and O–H groups in total. The van der Waals surface area contributed by atoms with E-state index in [9.17, 15) is 5.11 Å². The van der Waals surface area contributed by atoms with E-state index >= 15 is 0 Å². The van der Waals surface area contributed by atoms with Gasteiger partial charge in [-0.05, 0) is 12.5 Å². The second kappa shape index (κ2) is 6.28. The first-order valence-electron chi connectivity index (χ1n) is 4.68. The number of nitrogens with zero attached hydrogens (tertiary/aromatic N) is 1. The fourth-order valence-electron chi connectivity index (χ4n) is 1.42. The Bertz CT molecular complexity index is 360. The summed E-state index contributed by atoms with van der Waals surface area (Å²) in [6, 6.07) is 6.82. The van der Waals surface area contributed by atoms with Gasteiger partial charge in [-0.15, -0.1) is 12.4 Å². The molecule has 3 nitrogen and oxygen atoms in total. The van der Waals surface area contributed by atoms with Gasteiger partial charge in [0.05, 0.1) is 5.56 Å². The van der Waals surface area contributed by atoms with Gasteiger partial charge in [0.1, 0.15) is 11.8 Å². The number of hydrogen-bond acceptors (Lipinski definition) is 3. The van der Waals surface area contributed by atoms with Crippen LogP contribution in [-0.2, 0) is 0 Å². The fraction of sp³-hybridized carbons (Fsp3) is 0.364. The first kappa shape index (κ1) is 13.8. The maximum absolute atomic E-state index is 9.68. The second-order valence-corrected chi connectivity index (χ2v) is 3.25. The monoisotopic (exact) mass is 226 g/mol. The first-order chi connectivity index (χ1) is 6.70. The Kier molecular flexibility index (Phi) is 5.76. The van der Waals surface area contributed by atoms with Crippen molar-refractivity contribution in [2.24, 2.45) is 5.73 Å². The van der Waals surface area contributed by atoms with Crippen LogP contribution in [0.5, 0.6) is 5.75 Å². The molecular weight excluding hydrogens is 212 g/mol. The van der Waals surface area contributed by atoms with Crippen LogP contribution in [0.2, 0.25) is 0 Å². The highest BCUT2D eigenvalue weighted by molar-refractivity contribution is 5.85. The maximum atomic E-state index is 9.68. The summed E-state index contributed by atoms with van der Waals surface area (Å²) < 4.78 is 0. The van der Waals surface area contributed by atoms with Gasteiger partial charge in [-0.25, -0.2) is 0 Å². The Labute approximate surface area is 95.9 Å². The lowest BCUT2D eigenvalue weighted by atomic mass is 10.00. The molecule has 1 aromatic carbocycles. The van der Waals surface area contributed by atoms with E-state index in [1.165, 1.54) is 0 Å². The van der Waals surface area contributed by atoms with Gasteiger partial charge >= 0.3 is 0 Å². The van der Waals surface area contributed by atoms with Crippen LogP contribution < -0.4 is 5.73 Å². The average molecular weight is 227 g/mol. The fourth-order valence-corrected chi connectivity index (χ4v) is 1.42. The second-order valence-electron chi connectivity index (χ2n) is 3.25. The lowest BCUT2D eigenvalue weighted by molar-refractivity contribution is 0.456. The average Bonchev–Trinajstić information content (AvgIpc) is 2.18. The molecule has 0 spiro atoms. The van der Waals surface area contributed by atoms with Crippen LogP contribution in [-0.4, -0.2) is 5.11 Å². The molecule has 82 valence electrons. The van der Waals surface area contributed by atoms with Crippen molar-refractivity contribution in [3.05, 3.63) is 29.3 Å². The predicted octanol–water partition coefficient (Wildman–Crippen LogP) is 2.49. The number of nitriles is 1. The zero-order chi connectivity index (χ0) is 10.6. The van der Waals surface area contributed by atoms with Crippen LogP contribution in [0.25, 0.3) is 0 Å². The Morgan fingerprint density at radius 3 is 2.73 bits per heavy atom. The van der Waals surface area contributed by atoms with E-state index in [0.717, 1.165) is 12.8 Å². The molecule has 1 atom stereocenters. The highest BCUT2D eigenvalue weighted by Crippen LogP contribution is 2.28. The van der Waals surface area contributed by atoms with Gasteiger partial charge in [0.15, 0.2) is 0 Å². The van der Waals surface area contributed by atoms with Gasteiger partial charge in [-0.3, -0.25) is 0 Å². The molecule has 15 heavy (non-hydrogen) atoms. The molecule has 0 fully saturated rings. The summed E-state index contributed by atoms with van der Waals surface area (Å²) in [5.41, 5.74) is 6.80. The number of halogens is 1. The quantitative estimate of drug-likeness (QED) is 0.832. The number of hydrogen-bond donors (Lipinski definition) is 2. The molecule has 0 aliphatic carbocycles. The van der Waals surface area contributed by atoms with E-state index in [1.807, 2.05) is 13.0 Å². The molecule has 4 heteroatoms. The van der Waals surface area contributed by atoms with E-state index in [4.69, 9.17) is 11.0 Å². The van der Waals surface area contributed by atoms with Crippen LogP contribution in [0.3, 0.4) is 0 Å². The third-order valence-electron chi connectivity index (χ3n) is 2.19. The number of phenolic OH excluding ortho intramolecular Hbond substituents is 1. The number of nitrogens with two attached hydrogens (primary N) is 1. The summed E-state index contributed by atoms with van der Waals surface area (Å²) in [6.45, 7) is 2.03. The van der Waals surface area contributed by atoms with E-state index in [-0.39, 0.29) is 29.8 Å². The van der Waals surface area contributed by atoms with Crippen LogP contribution in [0.4, 0.5) is 0 Å². The van der Waals surface area contributed by atoms with E-state index in [0.29, 0.717) is 5.56 Å².